The van der Waals surface area contributed by atoms with E-state index in [-0.39, 0.29) is 37.0 Å². The minimum Gasteiger partial charge on any atom is -0.453 e. The summed E-state index contributed by atoms with van der Waals surface area (Å²) in [5.74, 6) is -0.0638. The Bertz CT molecular complexity index is 571. The quantitative estimate of drug-likeness (QED) is 0.747. The number of carbonyl (C=O) groups excluding carboxylic acids is 1. The zero-order chi connectivity index (χ0) is 18.4. The molecule has 0 aliphatic carbocycles. The van der Waals surface area contributed by atoms with Crippen LogP contribution in [0.2, 0.25) is 0 Å². The lowest BCUT2D eigenvalue weighted by Crippen LogP contribution is -2.47. The highest BCUT2D eigenvalue weighted by Crippen LogP contribution is 2.17. The van der Waals surface area contributed by atoms with E-state index >= 15 is 0 Å². The summed E-state index contributed by atoms with van der Waals surface area (Å²) in [6.45, 7) is 7.16. The van der Waals surface area contributed by atoms with Gasteiger partial charge in [0, 0.05) is 39.8 Å². The fourth-order valence-corrected chi connectivity index (χ4v) is 2.94. The Kier molecular flexibility index (Phi) is 9.04. The van der Waals surface area contributed by atoms with Crippen molar-refractivity contribution in [2.75, 3.05) is 52.7 Å². The van der Waals surface area contributed by atoms with Gasteiger partial charge in [-0.1, -0.05) is 0 Å². The summed E-state index contributed by atoms with van der Waals surface area (Å²) in [6.07, 6.45) is 1.92. The molecule has 1 saturated heterocycles. The van der Waals surface area contributed by atoms with Crippen molar-refractivity contribution >= 4 is 24.0 Å². The third-order valence-corrected chi connectivity index (χ3v) is 4.74. The lowest BCUT2D eigenvalue weighted by molar-refractivity contribution is -0.135. The lowest BCUT2D eigenvalue weighted by Gasteiger charge is -2.36. The van der Waals surface area contributed by atoms with Gasteiger partial charge in [-0.3, -0.25) is 4.79 Å². The van der Waals surface area contributed by atoms with E-state index in [2.05, 4.69) is 14.9 Å². The van der Waals surface area contributed by atoms with E-state index in [9.17, 15) is 4.79 Å². The first-order chi connectivity index (χ1) is 11.9. The van der Waals surface area contributed by atoms with Gasteiger partial charge in [-0.2, -0.15) is 9.97 Å². The van der Waals surface area contributed by atoms with Crippen molar-refractivity contribution < 1.29 is 14.3 Å². The largest absolute Gasteiger partial charge is 0.453 e. The number of methoxy groups -OCH3 is 1. The van der Waals surface area contributed by atoms with Gasteiger partial charge in [0.25, 0.3) is 5.91 Å². The summed E-state index contributed by atoms with van der Waals surface area (Å²) in [5.41, 5.74) is 7.70. The molecule has 9 heteroatoms. The van der Waals surface area contributed by atoms with E-state index in [1.807, 2.05) is 7.05 Å². The number of amides is 1. The number of rotatable bonds is 7. The molecule has 2 heterocycles. The molecule has 0 saturated carbocycles. The average Bonchev–Trinajstić information content (AvgIpc) is 2.62. The molecule has 0 radical (unpaired) electrons. The van der Waals surface area contributed by atoms with Crippen LogP contribution < -0.4 is 10.5 Å². The van der Waals surface area contributed by atoms with Crippen molar-refractivity contribution in [3.05, 3.63) is 11.4 Å². The first-order valence-electron chi connectivity index (χ1n) is 8.62. The molecule has 1 aromatic heterocycles. The Morgan fingerprint density at radius 2 is 1.85 bits per heavy atom. The predicted molar refractivity (Wildman–Crippen MR) is 103 cm³/mol. The van der Waals surface area contributed by atoms with Gasteiger partial charge in [0.1, 0.15) is 0 Å². The van der Waals surface area contributed by atoms with Crippen LogP contribution in [0.25, 0.3) is 0 Å². The van der Waals surface area contributed by atoms with Crippen LogP contribution in [0.15, 0.2) is 0 Å². The van der Waals surface area contributed by atoms with Crippen LogP contribution in [-0.2, 0) is 9.53 Å². The second-order valence-corrected chi connectivity index (χ2v) is 6.45. The maximum Gasteiger partial charge on any atom is 0.317 e. The molecule has 148 valence electrons. The van der Waals surface area contributed by atoms with Crippen molar-refractivity contribution in [2.24, 2.45) is 0 Å². The summed E-state index contributed by atoms with van der Waals surface area (Å²) in [7, 11) is 3.55. The van der Waals surface area contributed by atoms with Gasteiger partial charge in [-0.15, -0.1) is 12.4 Å². The Morgan fingerprint density at radius 3 is 2.38 bits per heavy atom. The number of anilines is 1. The number of nitrogens with two attached hydrogens (primary N) is 1. The number of ether oxygens (including phenoxy) is 2. The van der Waals surface area contributed by atoms with Crippen molar-refractivity contribution in [1.29, 1.82) is 0 Å². The van der Waals surface area contributed by atoms with E-state index in [4.69, 9.17) is 15.2 Å². The van der Waals surface area contributed by atoms with Crippen molar-refractivity contribution in [3.63, 3.8) is 0 Å². The van der Waals surface area contributed by atoms with Gasteiger partial charge in [-0.25, -0.2) is 0 Å². The molecule has 0 aromatic carbocycles. The van der Waals surface area contributed by atoms with Gasteiger partial charge in [-0.05, 0) is 26.7 Å². The SMILES string of the molecule is COCCN1CCC(N(C)C(=O)COc2nc(C)c(N)c(C)n2)CC1.Cl. The Hall–Kier alpha value is -1.64. The number of aromatic nitrogens is 2. The molecule has 0 spiro atoms. The number of piperidine rings is 1. The Labute approximate surface area is 161 Å². The third-order valence-electron chi connectivity index (χ3n) is 4.74. The molecule has 1 aromatic rings. The maximum atomic E-state index is 12.4. The van der Waals surface area contributed by atoms with Gasteiger partial charge in [0.05, 0.1) is 23.7 Å². The molecule has 26 heavy (non-hydrogen) atoms. The number of likely N-dealkylation sites (tertiary alicyclic amines) is 1. The summed E-state index contributed by atoms with van der Waals surface area (Å²) in [6, 6.07) is 0.436. The van der Waals surface area contributed by atoms with Crippen molar-refractivity contribution in [1.82, 2.24) is 19.8 Å². The van der Waals surface area contributed by atoms with E-state index < -0.39 is 0 Å². The molecule has 0 atom stereocenters. The molecule has 0 bridgehead atoms. The molecule has 8 nitrogen and oxygen atoms in total. The molecule has 1 amide bonds. The summed E-state index contributed by atoms with van der Waals surface area (Å²) >= 11 is 0. The van der Waals surface area contributed by atoms with Crippen LogP contribution in [-0.4, -0.2) is 78.7 Å². The zero-order valence-electron chi connectivity index (χ0n) is 16.0. The Balaban J connectivity index is 0.00000338. The zero-order valence-corrected chi connectivity index (χ0v) is 16.8. The van der Waals surface area contributed by atoms with Gasteiger partial charge < -0.3 is 25.0 Å². The fraction of sp³-hybridized carbons (Fsp3) is 0.706. The number of halogens is 1. The summed E-state index contributed by atoms with van der Waals surface area (Å²) in [5, 5.41) is 0. The number of hydrogen-bond acceptors (Lipinski definition) is 7. The van der Waals surface area contributed by atoms with Crippen LogP contribution in [0, 0.1) is 13.8 Å². The normalized spacial score (nSPS) is 15.4. The molecule has 1 fully saturated rings. The minimum absolute atomic E-state index is 0. The van der Waals surface area contributed by atoms with E-state index in [1.165, 1.54) is 0 Å². The number of nitrogens with zero attached hydrogens (tertiary/aromatic N) is 4. The van der Waals surface area contributed by atoms with Crippen molar-refractivity contribution in [2.45, 2.75) is 32.7 Å². The van der Waals surface area contributed by atoms with E-state index in [0.29, 0.717) is 17.1 Å². The monoisotopic (exact) mass is 387 g/mol. The molecule has 2 N–H and O–H groups in total. The molecule has 1 aliphatic heterocycles. The standard InChI is InChI=1S/C17H29N5O3.ClH/c1-12-16(18)13(2)20-17(19-12)25-11-15(23)21(3)14-5-7-22(8-6-14)9-10-24-4;/h14H,5-11,18H2,1-4H3;1H. The highest BCUT2D eigenvalue weighted by molar-refractivity contribution is 5.85. The highest BCUT2D eigenvalue weighted by atomic mass is 35.5. The number of nitrogen functional groups attached to an aromatic ring is 1. The topological polar surface area (TPSA) is 93.8 Å². The molecule has 0 unspecified atom stereocenters. The van der Waals surface area contributed by atoms with Crippen LogP contribution >= 0.6 is 12.4 Å². The van der Waals surface area contributed by atoms with Gasteiger partial charge >= 0.3 is 6.01 Å². The summed E-state index contributed by atoms with van der Waals surface area (Å²) in [4.78, 5) is 24.9. The van der Waals surface area contributed by atoms with Gasteiger partial charge in [0.15, 0.2) is 6.61 Å². The number of likely N-dealkylation sites (N-methyl/N-ethyl adjacent to an activating group) is 1. The second kappa shape index (κ2) is 10.5. The average molecular weight is 388 g/mol. The number of carbonyl (C=O) groups is 1. The third kappa shape index (κ3) is 5.96. The minimum atomic E-state index is -0.0663. The Morgan fingerprint density at radius 1 is 1.27 bits per heavy atom. The van der Waals surface area contributed by atoms with E-state index in [1.54, 1.807) is 25.9 Å². The lowest BCUT2D eigenvalue weighted by atomic mass is 10.0. The molecule has 1 aliphatic rings. The molecular weight excluding hydrogens is 358 g/mol. The first-order valence-corrected chi connectivity index (χ1v) is 8.62. The first kappa shape index (κ1) is 22.4. The van der Waals surface area contributed by atoms with Crippen molar-refractivity contribution in [3.8, 4) is 6.01 Å². The van der Waals surface area contributed by atoms with Crippen LogP contribution in [0.4, 0.5) is 5.69 Å². The smallest absolute Gasteiger partial charge is 0.317 e. The van der Waals surface area contributed by atoms with Crippen LogP contribution in [0.5, 0.6) is 6.01 Å². The molecular formula is C17H30ClN5O3. The summed E-state index contributed by atoms with van der Waals surface area (Å²) < 4.78 is 10.6. The van der Waals surface area contributed by atoms with Crippen LogP contribution in [0.1, 0.15) is 24.2 Å². The highest BCUT2D eigenvalue weighted by Gasteiger charge is 2.25. The number of aryl methyl sites for hydroxylation is 2. The number of hydrogen-bond donors (Lipinski definition) is 1. The predicted octanol–water partition coefficient (Wildman–Crippen LogP) is 1.05. The fourth-order valence-electron chi connectivity index (χ4n) is 2.94. The maximum absolute atomic E-state index is 12.4. The second-order valence-electron chi connectivity index (χ2n) is 6.45. The van der Waals surface area contributed by atoms with Crippen LogP contribution in [0.3, 0.4) is 0 Å². The molecule has 2 rings (SSSR count). The van der Waals surface area contributed by atoms with E-state index in [0.717, 1.165) is 39.1 Å². The van der Waals surface area contributed by atoms with Gasteiger partial charge in [0.2, 0.25) is 0 Å².